The van der Waals surface area contributed by atoms with E-state index in [-0.39, 0.29) is 0 Å². The molecule has 1 aromatic heterocycles. The molecule has 0 bridgehead atoms. The van der Waals surface area contributed by atoms with Gasteiger partial charge in [0.15, 0.2) is 0 Å². The molecule has 4 heteroatoms. The van der Waals surface area contributed by atoms with Crippen molar-refractivity contribution in [1.82, 2.24) is 10.3 Å². The minimum absolute atomic E-state index is 0.422. The van der Waals surface area contributed by atoms with E-state index in [2.05, 4.69) is 18.3 Å². The lowest BCUT2D eigenvalue weighted by Crippen LogP contribution is -2.26. The molecule has 0 radical (unpaired) electrons. The number of hydrogen-bond acceptors (Lipinski definition) is 4. The van der Waals surface area contributed by atoms with Crippen LogP contribution in [0.3, 0.4) is 0 Å². The summed E-state index contributed by atoms with van der Waals surface area (Å²) < 4.78 is 5.26. The molecular weight excluding hydrogens is 244 g/mol. The van der Waals surface area contributed by atoms with Gasteiger partial charge < -0.3 is 10.1 Å². The zero-order valence-electron chi connectivity index (χ0n) is 10.6. The molecule has 94 valence electrons. The monoisotopic (exact) mass is 260 g/mol. The minimum atomic E-state index is 0.422. The molecule has 1 N–H and O–H groups in total. The van der Waals surface area contributed by atoms with Crippen LogP contribution in [-0.4, -0.2) is 18.6 Å². The molecule has 0 amide bonds. The molecule has 3 rings (SSSR count). The summed E-state index contributed by atoms with van der Waals surface area (Å²) in [5.41, 5.74) is 2.39. The highest BCUT2D eigenvalue weighted by atomic mass is 32.1. The third-order valence-corrected chi connectivity index (χ3v) is 4.58. The van der Waals surface area contributed by atoms with E-state index < -0.39 is 0 Å². The van der Waals surface area contributed by atoms with Crippen LogP contribution in [0.1, 0.15) is 23.5 Å². The fourth-order valence-corrected chi connectivity index (χ4v) is 3.39. The first-order valence-corrected chi connectivity index (χ1v) is 6.97. The van der Waals surface area contributed by atoms with Gasteiger partial charge in [-0.2, -0.15) is 0 Å². The average molecular weight is 260 g/mol. The van der Waals surface area contributed by atoms with Crippen molar-refractivity contribution < 1.29 is 4.74 Å². The first-order valence-electron chi connectivity index (χ1n) is 6.15. The van der Waals surface area contributed by atoms with Crippen LogP contribution >= 0.6 is 11.3 Å². The molecule has 1 unspecified atom stereocenters. The predicted molar refractivity (Wildman–Crippen MR) is 74.2 cm³/mol. The Balaban J connectivity index is 2.01. The zero-order chi connectivity index (χ0) is 12.5. The number of thiazole rings is 1. The van der Waals surface area contributed by atoms with Gasteiger partial charge in [0.05, 0.1) is 12.8 Å². The quantitative estimate of drug-likeness (QED) is 0.901. The largest absolute Gasteiger partial charge is 0.497 e. The van der Waals surface area contributed by atoms with Crippen LogP contribution in [0.4, 0.5) is 0 Å². The van der Waals surface area contributed by atoms with E-state index in [1.165, 1.54) is 10.6 Å². The van der Waals surface area contributed by atoms with Gasteiger partial charge in [0.1, 0.15) is 10.8 Å². The molecular formula is C14H16N2OS. The Morgan fingerprint density at radius 2 is 2.33 bits per heavy atom. The zero-order valence-corrected chi connectivity index (χ0v) is 11.4. The first kappa shape index (κ1) is 11.7. The molecule has 18 heavy (non-hydrogen) atoms. The summed E-state index contributed by atoms with van der Waals surface area (Å²) in [6.07, 6.45) is 1.03. The van der Waals surface area contributed by atoms with Gasteiger partial charge in [-0.1, -0.05) is 12.1 Å². The van der Waals surface area contributed by atoms with E-state index in [1.54, 1.807) is 18.4 Å². The smallest absolute Gasteiger partial charge is 0.124 e. The van der Waals surface area contributed by atoms with Gasteiger partial charge in [-0.05, 0) is 19.1 Å². The van der Waals surface area contributed by atoms with Crippen molar-refractivity contribution in [2.45, 2.75) is 19.4 Å². The summed E-state index contributed by atoms with van der Waals surface area (Å²) in [6, 6.07) is 8.52. The van der Waals surface area contributed by atoms with E-state index >= 15 is 0 Å². The summed E-state index contributed by atoms with van der Waals surface area (Å²) in [7, 11) is 1.69. The molecule has 2 heterocycles. The topological polar surface area (TPSA) is 34.1 Å². The summed E-state index contributed by atoms with van der Waals surface area (Å²) in [4.78, 5) is 6.14. The van der Waals surface area contributed by atoms with Crippen LogP contribution in [0.25, 0.3) is 10.6 Å². The minimum Gasteiger partial charge on any atom is -0.497 e. The third kappa shape index (κ3) is 2.02. The molecule has 0 saturated carbocycles. The predicted octanol–water partition coefficient (Wildman–Crippen LogP) is 3.03. The molecule has 3 nitrogen and oxygen atoms in total. The molecule has 1 atom stereocenters. The number of rotatable bonds is 2. The summed E-state index contributed by atoms with van der Waals surface area (Å²) >= 11 is 1.79. The number of benzene rings is 1. The van der Waals surface area contributed by atoms with Crippen LogP contribution < -0.4 is 10.1 Å². The van der Waals surface area contributed by atoms with E-state index in [1.807, 2.05) is 18.2 Å². The molecule has 0 saturated heterocycles. The van der Waals surface area contributed by atoms with Gasteiger partial charge in [-0.15, -0.1) is 11.3 Å². The van der Waals surface area contributed by atoms with Crippen molar-refractivity contribution >= 4 is 11.3 Å². The van der Waals surface area contributed by atoms with E-state index in [0.717, 1.165) is 29.3 Å². The molecule has 2 aromatic rings. The second-order valence-corrected chi connectivity index (χ2v) is 5.52. The maximum atomic E-state index is 5.26. The second-order valence-electron chi connectivity index (χ2n) is 4.49. The number of nitrogens with zero attached hydrogens (tertiary/aromatic N) is 1. The van der Waals surface area contributed by atoms with Crippen LogP contribution in [0.2, 0.25) is 0 Å². The lowest BCUT2D eigenvalue weighted by Gasteiger charge is -2.18. The Morgan fingerprint density at radius 1 is 1.44 bits per heavy atom. The highest BCUT2D eigenvalue weighted by molar-refractivity contribution is 7.15. The third-order valence-electron chi connectivity index (χ3n) is 3.25. The lowest BCUT2D eigenvalue weighted by molar-refractivity contribution is 0.415. The summed E-state index contributed by atoms with van der Waals surface area (Å²) in [6.45, 7) is 3.22. The molecule has 0 aliphatic carbocycles. The Hall–Kier alpha value is -1.39. The van der Waals surface area contributed by atoms with Crippen LogP contribution in [0.15, 0.2) is 24.3 Å². The van der Waals surface area contributed by atoms with Gasteiger partial charge in [-0.25, -0.2) is 4.98 Å². The molecule has 1 aromatic carbocycles. The molecule has 1 aliphatic rings. The number of aromatic nitrogens is 1. The highest BCUT2D eigenvalue weighted by Crippen LogP contribution is 2.34. The fraction of sp³-hybridized carbons (Fsp3) is 0.357. The number of nitrogens with one attached hydrogen (secondary N) is 1. The van der Waals surface area contributed by atoms with Crippen LogP contribution in [0.5, 0.6) is 5.75 Å². The Bertz CT molecular complexity index is 565. The van der Waals surface area contributed by atoms with E-state index in [9.17, 15) is 0 Å². The fourth-order valence-electron chi connectivity index (χ4n) is 2.26. The standard InChI is InChI=1S/C14H16N2OS/c1-9-13-12(6-7-15-9)16-14(18-13)10-4-3-5-11(8-10)17-2/h3-5,8-9,15H,6-7H2,1-2H3. The summed E-state index contributed by atoms with van der Waals surface area (Å²) in [5, 5.41) is 4.56. The maximum absolute atomic E-state index is 5.26. The van der Waals surface area contributed by atoms with Gasteiger partial charge in [-0.3, -0.25) is 0 Å². The van der Waals surface area contributed by atoms with Crippen molar-refractivity contribution in [2.24, 2.45) is 0 Å². The van der Waals surface area contributed by atoms with Gasteiger partial charge in [0, 0.05) is 29.4 Å². The Morgan fingerprint density at radius 3 is 3.11 bits per heavy atom. The number of methoxy groups -OCH3 is 1. The van der Waals surface area contributed by atoms with E-state index in [0.29, 0.717) is 6.04 Å². The van der Waals surface area contributed by atoms with Crippen molar-refractivity contribution in [3.63, 3.8) is 0 Å². The maximum Gasteiger partial charge on any atom is 0.124 e. The number of fused-ring (bicyclic) bond motifs is 1. The van der Waals surface area contributed by atoms with Crippen molar-refractivity contribution in [2.75, 3.05) is 13.7 Å². The highest BCUT2D eigenvalue weighted by Gasteiger charge is 2.21. The Labute approximate surface area is 111 Å². The van der Waals surface area contributed by atoms with Crippen molar-refractivity contribution in [3.8, 4) is 16.3 Å². The lowest BCUT2D eigenvalue weighted by atomic mass is 10.1. The van der Waals surface area contributed by atoms with Gasteiger partial charge in [0.25, 0.3) is 0 Å². The van der Waals surface area contributed by atoms with Crippen LogP contribution in [0, 0.1) is 0 Å². The van der Waals surface area contributed by atoms with Gasteiger partial charge >= 0.3 is 0 Å². The molecule has 0 spiro atoms. The number of ether oxygens (including phenoxy) is 1. The number of hydrogen-bond donors (Lipinski definition) is 1. The second kappa shape index (κ2) is 4.71. The van der Waals surface area contributed by atoms with E-state index in [4.69, 9.17) is 9.72 Å². The first-order chi connectivity index (χ1) is 8.78. The van der Waals surface area contributed by atoms with Crippen molar-refractivity contribution in [3.05, 3.63) is 34.8 Å². The van der Waals surface area contributed by atoms with Gasteiger partial charge in [0.2, 0.25) is 0 Å². The SMILES string of the molecule is COc1cccc(-c2nc3c(s2)C(C)NCC3)c1. The Kier molecular flexibility index (Phi) is 3.06. The average Bonchev–Trinajstić information content (AvgIpc) is 2.84. The molecule has 0 fully saturated rings. The summed E-state index contributed by atoms with van der Waals surface area (Å²) in [5.74, 6) is 0.881. The molecule has 1 aliphatic heterocycles. The van der Waals surface area contributed by atoms with Crippen LogP contribution in [-0.2, 0) is 6.42 Å². The van der Waals surface area contributed by atoms with Crippen molar-refractivity contribution in [1.29, 1.82) is 0 Å². The normalized spacial score (nSPS) is 18.4.